The Morgan fingerprint density at radius 1 is 1.23 bits per heavy atom. The van der Waals surface area contributed by atoms with E-state index in [-0.39, 0.29) is 0 Å². The van der Waals surface area contributed by atoms with E-state index in [2.05, 4.69) is 58.3 Å². The first-order valence-electron chi connectivity index (χ1n) is 7.40. The lowest BCUT2D eigenvalue weighted by atomic mass is 10.1. The van der Waals surface area contributed by atoms with Crippen LogP contribution in [0.25, 0.3) is 5.69 Å². The summed E-state index contributed by atoms with van der Waals surface area (Å²) >= 11 is 1.82. The molecule has 0 bridgehead atoms. The Morgan fingerprint density at radius 3 is 2.73 bits per heavy atom. The van der Waals surface area contributed by atoms with Crippen molar-refractivity contribution >= 4 is 11.3 Å². The molecule has 0 saturated heterocycles. The third-order valence-electron chi connectivity index (χ3n) is 3.79. The van der Waals surface area contributed by atoms with E-state index < -0.39 is 0 Å². The zero-order valence-electron chi connectivity index (χ0n) is 12.7. The van der Waals surface area contributed by atoms with Gasteiger partial charge in [-0.25, -0.2) is 4.68 Å². The second-order valence-electron chi connectivity index (χ2n) is 5.17. The van der Waals surface area contributed by atoms with Gasteiger partial charge in [-0.1, -0.05) is 19.1 Å². The Balaban J connectivity index is 1.64. The summed E-state index contributed by atoms with van der Waals surface area (Å²) in [6.45, 7) is 5.30. The summed E-state index contributed by atoms with van der Waals surface area (Å²) < 4.78 is 1.65. The summed E-state index contributed by atoms with van der Waals surface area (Å²) in [6, 6.07) is 10.8. The zero-order valence-corrected chi connectivity index (χ0v) is 13.5. The van der Waals surface area contributed by atoms with E-state index in [4.69, 9.17) is 0 Å². The maximum Gasteiger partial charge on any atom is 0.143 e. The van der Waals surface area contributed by atoms with E-state index in [0.29, 0.717) is 6.04 Å². The predicted octanol–water partition coefficient (Wildman–Crippen LogP) is 3.14. The monoisotopic (exact) mass is 313 g/mol. The molecule has 6 heteroatoms. The summed E-state index contributed by atoms with van der Waals surface area (Å²) in [5.41, 5.74) is 3.66. The minimum atomic E-state index is 0.301. The lowest BCUT2D eigenvalue weighted by Crippen LogP contribution is -2.18. The number of hydrogen-bond acceptors (Lipinski definition) is 5. The topological polar surface area (TPSA) is 55.6 Å². The Morgan fingerprint density at radius 2 is 2.05 bits per heavy atom. The Labute approximate surface area is 134 Å². The Bertz CT molecular complexity index is 702. The number of thiophene rings is 1. The minimum absolute atomic E-state index is 0.301. The summed E-state index contributed by atoms with van der Waals surface area (Å²) in [5, 5.41) is 17.0. The van der Waals surface area contributed by atoms with Crippen molar-refractivity contribution < 1.29 is 0 Å². The maximum absolute atomic E-state index is 3.89. The molecule has 0 amide bonds. The van der Waals surface area contributed by atoms with Gasteiger partial charge in [-0.2, -0.15) is 0 Å². The molecule has 1 N–H and O–H groups in total. The first-order chi connectivity index (χ1) is 10.8. The van der Waals surface area contributed by atoms with Crippen molar-refractivity contribution in [2.45, 2.75) is 32.9 Å². The van der Waals surface area contributed by atoms with Crippen molar-refractivity contribution in [2.24, 2.45) is 0 Å². The molecule has 0 aliphatic carbocycles. The van der Waals surface area contributed by atoms with Crippen LogP contribution in [-0.4, -0.2) is 20.2 Å². The van der Waals surface area contributed by atoms with Gasteiger partial charge in [-0.05, 0) is 58.5 Å². The van der Waals surface area contributed by atoms with Gasteiger partial charge >= 0.3 is 0 Å². The van der Waals surface area contributed by atoms with Gasteiger partial charge in [0, 0.05) is 17.5 Å². The summed E-state index contributed by atoms with van der Waals surface area (Å²) in [4.78, 5) is 1.43. The van der Waals surface area contributed by atoms with Gasteiger partial charge in [-0.3, -0.25) is 0 Å². The lowest BCUT2D eigenvalue weighted by molar-refractivity contribution is 0.577. The van der Waals surface area contributed by atoms with Crippen LogP contribution in [0.2, 0.25) is 0 Å². The highest BCUT2D eigenvalue weighted by Crippen LogP contribution is 2.20. The van der Waals surface area contributed by atoms with Gasteiger partial charge in [0.25, 0.3) is 0 Å². The first-order valence-corrected chi connectivity index (χ1v) is 8.28. The average molecular weight is 313 g/mol. The van der Waals surface area contributed by atoms with Gasteiger partial charge in [0.2, 0.25) is 0 Å². The fourth-order valence-electron chi connectivity index (χ4n) is 2.40. The molecular formula is C16H19N5S. The highest BCUT2D eigenvalue weighted by molar-refractivity contribution is 7.10. The van der Waals surface area contributed by atoms with Gasteiger partial charge < -0.3 is 5.32 Å². The van der Waals surface area contributed by atoms with Crippen molar-refractivity contribution in [3.63, 3.8) is 0 Å². The molecule has 0 saturated carbocycles. The van der Waals surface area contributed by atoms with E-state index in [1.165, 1.54) is 16.0 Å². The van der Waals surface area contributed by atoms with Crippen LogP contribution < -0.4 is 5.32 Å². The molecule has 0 unspecified atom stereocenters. The van der Waals surface area contributed by atoms with Crippen LogP contribution in [0.5, 0.6) is 0 Å². The highest BCUT2D eigenvalue weighted by atomic mass is 32.1. The van der Waals surface area contributed by atoms with Crippen molar-refractivity contribution in [1.29, 1.82) is 0 Å². The molecule has 0 aliphatic heterocycles. The zero-order chi connectivity index (χ0) is 15.4. The molecule has 114 valence electrons. The number of hydrogen-bond donors (Lipinski definition) is 1. The van der Waals surface area contributed by atoms with Crippen LogP contribution in [0.1, 0.15) is 35.9 Å². The van der Waals surface area contributed by atoms with Crippen LogP contribution in [-0.2, 0) is 13.0 Å². The van der Waals surface area contributed by atoms with Crippen molar-refractivity contribution in [1.82, 2.24) is 25.5 Å². The summed E-state index contributed by atoms with van der Waals surface area (Å²) in [6.07, 6.45) is 2.69. The maximum atomic E-state index is 3.89. The number of tetrazole rings is 1. The van der Waals surface area contributed by atoms with Gasteiger partial charge in [0.15, 0.2) is 0 Å². The molecule has 22 heavy (non-hydrogen) atoms. The Kier molecular flexibility index (Phi) is 4.60. The fraction of sp³-hybridized carbons (Fsp3) is 0.312. The van der Waals surface area contributed by atoms with E-state index in [0.717, 1.165) is 18.7 Å². The molecule has 5 nitrogen and oxygen atoms in total. The number of benzene rings is 1. The smallest absolute Gasteiger partial charge is 0.143 e. The molecule has 2 heterocycles. The largest absolute Gasteiger partial charge is 0.305 e. The Hall–Kier alpha value is -2.05. The minimum Gasteiger partial charge on any atom is -0.305 e. The van der Waals surface area contributed by atoms with E-state index in [1.54, 1.807) is 11.0 Å². The molecule has 2 aromatic heterocycles. The lowest BCUT2D eigenvalue weighted by Gasteiger charge is -2.15. The third kappa shape index (κ3) is 3.23. The summed E-state index contributed by atoms with van der Waals surface area (Å²) in [7, 11) is 0. The number of nitrogens with one attached hydrogen (secondary N) is 1. The van der Waals surface area contributed by atoms with E-state index in [1.807, 2.05) is 23.5 Å². The van der Waals surface area contributed by atoms with Crippen molar-refractivity contribution in [3.05, 3.63) is 58.0 Å². The molecule has 3 rings (SSSR count). The third-order valence-corrected chi connectivity index (χ3v) is 4.76. The average Bonchev–Trinajstić information content (AvgIpc) is 3.24. The second kappa shape index (κ2) is 6.81. The molecule has 0 aliphatic rings. The number of aromatic nitrogens is 4. The number of aryl methyl sites for hydroxylation is 1. The number of nitrogens with zero attached hydrogens (tertiary/aromatic N) is 4. The van der Waals surface area contributed by atoms with Crippen LogP contribution in [0.4, 0.5) is 0 Å². The first kappa shape index (κ1) is 14.9. The molecule has 1 aromatic carbocycles. The van der Waals surface area contributed by atoms with Crippen molar-refractivity contribution in [3.8, 4) is 5.69 Å². The van der Waals surface area contributed by atoms with E-state index in [9.17, 15) is 0 Å². The van der Waals surface area contributed by atoms with Gasteiger partial charge in [-0.15, -0.1) is 16.4 Å². The molecule has 0 radical (unpaired) electrons. The SMILES string of the molecule is CCc1ccsc1CN[C@H](C)c1ccc(-n2cnnn2)cc1. The second-order valence-corrected chi connectivity index (χ2v) is 6.17. The van der Waals surface area contributed by atoms with Crippen LogP contribution >= 0.6 is 11.3 Å². The van der Waals surface area contributed by atoms with Crippen molar-refractivity contribution in [2.75, 3.05) is 0 Å². The van der Waals surface area contributed by atoms with E-state index >= 15 is 0 Å². The molecular weight excluding hydrogens is 294 g/mol. The van der Waals surface area contributed by atoms with Crippen LogP contribution in [0, 0.1) is 0 Å². The molecule has 3 aromatic rings. The predicted molar refractivity (Wildman–Crippen MR) is 88.1 cm³/mol. The standard InChI is InChI=1S/C16H19N5S/c1-3-13-8-9-22-16(13)10-17-12(2)14-4-6-15(7-5-14)21-11-18-19-20-21/h4-9,11-12,17H,3,10H2,1-2H3/t12-/m1/s1. The molecule has 0 spiro atoms. The fourth-order valence-corrected chi connectivity index (χ4v) is 3.32. The van der Waals surface area contributed by atoms with Crippen LogP contribution in [0.15, 0.2) is 42.0 Å². The van der Waals surface area contributed by atoms with Gasteiger partial charge in [0.1, 0.15) is 6.33 Å². The molecule has 1 atom stereocenters. The molecule has 0 fully saturated rings. The quantitative estimate of drug-likeness (QED) is 0.759. The highest BCUT2D eigenvalue weighted by Gasteiger charge is 2.08. The van der Waals surface area contributed by atoms with Gasteiger partial charge in [0.05, 0.1) is 5.69 Å². The normalized spacial score (nSPS) is 12.5. The summed E-state index contributed by atoms with van der Waals surface area (Å²) in [5.74, 6) is 0. The van der Waals surface area contributed by atoms with Crippen LogP contribution in [0.3, 0.4) is 0 Å². The number of rotatable bonds is 6.